The molecule has 0 saturated heterocycles. The van der Waals surface area contributed by atoms with E-state index in [0.29, 0.717) is 10.9 Å². The molecule has 0 aromatic carbocycles. The van der Waals surface area contributed by atoms with Crippen molar-refractivity contribution in [2.45, 2.75) is 84.5 Å². The number of aromatic nitrogens is 1. The minimum absolute atomic E-state index is 0.0348. The van der Waals surface area contributed by atoms with E-state index >= 15 is 4.11 Å². The van der Waals surface area contributed by atoms with Crippen molar-refractivity contribution < 1.29 is 22.9 Å². The summed E-state index contributed by atoms with van der Waals surface area (Å²) in [5, 5.41) is -0.501. The number of carbonyl (C=O) groups is 1. The van der Waals surface area contributed by atoms with Crippen LogP contribution in [0.5, 0.6) is 5.75 Å². The second-order valence-corrected chi connectivity index (χ2v) is 14.7. The van der Waals surface area contributed by atoms with Crippen molar-refractivity contribution in [1.29, 1.82) is 0 Å². The third kappa shape index (κ3) is 4.84. The van der Waals surface area contributed by atoms with Gasteiger partial charge in [0.2, 0.25) is 6.54 Å². The molecule has 0 aliphatic heterocycles. The van der Waals surface area contributed by atoms with Crippen LogP contribution in [-0.4, -0.2) is 27.1 Å². The molecule has 0 aliphatic carbocycles. The molecule has 1 aromatic rings. The molecule has 1 heterocycles. The van der Waals surface area contributed by atoms with Gasteiger partial charge in [0, 0.05) is 6.07 Å². The number of pyridine rings is 1. The fourth-order valence-corrected chi connectivity index (χ4v) is 8.25. The second-order valence-electron chi connectivity index (χ2n) is 9.84. The molecule has 0 radical (unpaired) electrons. The molecule has 1 rings (SSSR count). The highest BCUT2D eigenvalue weighted by atomic mass is 28.4. The van der Waals surface area contributed by atoms with Gasteiger partial charge in [0.1, 0.15) is 11.4 Å². The summed E-state index contributed by atoms with van der Waals surface area (Å²) in [5.74, 6) is 0.181. The fraction of sp³-hybridized carbons (Fsp3) is 0.700. The van der Waals surface area contributed by atoms with Crippen LogP contribution in [0.25, 0.3) is 0 Å². The van der Waals surface area contributed by atoms with Crippen molar-refractivity contribution >= 4 is 19.6 Å². The molecule has 0 unspecified atom stereocenters. The molecule has 26 heavy (non-hydrogen) atoms. The van der Waals surface area contributed by atoms with Crippen molar-refractivity contribution in [2.75, 3.05) is 7.11 Å². The van der Waals surface area contributed by atoms with E-state index in [2.05, 4.69) is 0 Å². The molecular weight excluding hydrogens is 349 g/mol. The van der Waals surface area contributed by atoms with E-state index in [0.717, 1.165) is 0 Å². The summed E-state index contributed by atoms with van der Waals surface area (Å²) in [6.45, 7) is 17.2. The van der Waals surface area contributed by atoms with Gasteiger partial charge in [0.25, 0.3) is 8.41 Å². The summed E-state index contributed by atoms with van der Waals surface area (Å²) in [6.07, 6.45) is 3.46. The first-order valence-corrected chi connectivity index (χ1v) is 10.9. The van der Waals surface area contributed by atoms with Crippen molar-refractivity contribution in [1.82, 2.24) is 0 Å². The van der Waals surface area contributed by atoms with Gasteiger partial charge in [-0.1, -0.05) is 41.5 Å². The van der Waals surface area contributed by atoms with Crippen molar-refractivity contribution in [3.8, 4) is 5.75 Å². The number of rotatable bonds is 4. The normalized spacial score (nSPS) is 13.5. The molecule has 0 amide bonds. The first-order valence-electron chi connectivity index (χ1n) is 9.01. The number of carbonyl (C=O) groups excluding carboxylic acids is 1. The Hall–Kier alpha value is -1.43. The summed E-state index contributed by atoms with van der Waals surface area (Å²) >= 11 is 0. The highest BCUT2D eigenvalue weighted by Crippen LogP contribution is 2.52. The maximum absolute atomic E-state index is 16.7. The van der Waals surface area contributed by atoms with Gasteiger partial charge < -0.3 is 13.6 Å². The largest absolute Gasteiger partial charge is 0.496 e. The maximum Gasteiger partial charge on any atom is 0.373 e. The quantitative estimate of drug-likeness (QED) is 0.340. The molecule has 0 bridgehead atoms. The standard InChI is InChI=1S/C20H35FNO3Si/c1-18(2,3)25-17(23)14-22-12-11-15(24-10)16(13-22)26(21,19(4,5)6)20(7,8)9/h11-13H,14H2,1-10H3/q+1. The van der Waals surface area contributed by atoms with Crippen LogP contribution in [-0.2, 0) is 16.1 Å². The molecule has 6 heteroatoms. The van der Waals surface area contributed by atoms with Gasteiger partial charge in [-0.15, -0.1) is 0 Å². The average molecular weight is 385 g/mol. The lowest BCUT2D eigenvalue weighted by molar-refractivity contribution is -0.685. The molecular formula is C20H35FNO3Si+. The number of ether oxygens (including phenoxy) is 2. The Morgan fingerprint density at radius 3 is 1.96 bits per heavy atom. The lowest BCUT2D eigenvalue weighted by atomic mass is 10.2. The average Bonchev–Trinajstić information content (AvgIpc) is 2.41. The van der Waals surface area contributed by atoms with Crippen LogP contribution in [0.4, 0.5) is 4.11 Å². The van der Waals surface area contributed by atoms with Gasteiger partial charge in [-0.3, -0.25) is 0 Å². The number of esters is 1. The molecule has 1 aromatic heterocycles. The molecule has 0 fully saturated rings. The number of hydrogen-bond acceptors (Lipinski definition) is 3. The second kappa shape index (κ2) is 7.29. The smallest absolute Gasteiger partial charge is 0.373 e. The van der Waals surface area contributed by atoms with Gasteiger partial charge in [-0.25, -0.2) is 4.79 Å². The Morgan fingerprint density at radius 2 is 1.58 bits per heavy atom. The van der Waals surface area contributed by atoms with Crippen molar-refractivity contribution in [3.63, 3.8) is 0 Å². The predicted octanol–water partition coefficient (Wildman–Crippen LogP) is 4.05. The Kier molecular flexibility index (Phi) is 6.34. The summed E-state index contributed by atoms with van der Waals surface area (Å²) in [4.78, 5) is 12.2. The van der Waals surface area contributed by atoms with E-state index in [4.69, 9.17) is 9.47 Å². The van der Waals surface area contributed by atoms with Gasteiger partial charge in [-0.2, -0.15) is 4.57 Å². The van der Waals surface area contributed by atoms with Crippen LogP contribution in [0.15, 0.2) is 18.5 Å². The first kappa shape index (κ1) is 22.6. The summed E-state index contributed by atoms with van der Waals surface area (Å²) in [7, 11) is -1.97. The fourth-order valence-electron chi connectivity index (χ4n) is 3.52. The zero-order valence-corrected chi connectivity index (χ0v) is 19.0. The highest BCUT2D eigenvalue weighted by Gasteiger charge is 2.59. The van der Waals surface area contributed by atoms with E-state index < -0.39 is 24.1 Å². The van der Waals surface area contributed by atoms with Crippen molar-refractivity contribution in [2.24, 2.45) is 0 Å². The monoisotopic (exact) mass is 384 g/mol. The molecule has 0 N–H and O–H groups in total. The van der Waals surface area contributed by atoms with E-state index in [1.807, 2.05) is 62.3 Å². The van der Waals surface area contributed by atoms with Crippen LogP contribution in [0, 0.1) is 0 Å². The lowest BCUT2D eigenvalue weighted by Gasteiger charge is -2.44. The van der Waals surface area contributed by atoms with Crippen LogP contribution in [0.3, 0.4) is 0 Å². The Balaban J connectivity index is 3.44. The van der Waals surface area contributed by atoms with Crippen LogP contribution >= 0.6 is 0 Å². The summed E-state index contributed by atoms with van der Waals surface area (Å²) in [5.41, 5.74) is -0.553. The van der Waals surface area contributed by atoms with Gasteiger partial charge in [-0.05, 0) is 30.8 Å². The van der Waals surface area contributed by atoms with Gasteiger partial charge in [0.15, 0.2) is 12.4 Å². The minimum atomic E-state index is -3.52. The Labute approximate surface area is 158 Å². The number of nitrogens with zero attached hydrogens (tertiary/aromatic N) is 1. The number of halogens is 1. The minimum Gasteiger partial charge on any atom is -0.496 e. The summed E-state index contributed by atoms with van der Waals surface area (Å²) < 4.78 is 29.3. The maximum atomic E-state index is 16.7. The van der Waals surface area contributed by atoms with E-state index in [-0.39, 0.29) is 12.5 Å². The molecule has 0 saturated carbocycles. The van der Waals surface area contributed by atoms with Gasteiger partial charge in [0.05, 0.1) is 12.3 Å². The lowest BCUT2D eigenvalue weighted by Crippen LogP contribution is -2.60. The SMILES string of the molecule is COc1cc[n+](CC(=O)OC(C)(C)C)cc1[Si](F)(C(C)(C)C)C(C)(C)C. The molecule has 0 atom stereocenters. The molecule has 148 valence electrons. The molecule has 0 spiro atoms. The Morgan fingerprint density at radius 1 is 1.08 bits per heavy atom. The van der Waals surface area contributed by atoms with Crippen molar-refractivity contribution in [3.05, 3.63) is 18.5 Å². The van der Waals surface area contributed by atoms with Crippen LogP contribution in [0.2, 0.25) is 10.1 Å². The zero-order valence-electron chi connectivity index (χ0n) is 18.0. The first-order chi connectivity index (χ1) is 11.5. The summed E-state index contributed by atoms with van der Waals surface area (Å²) in [6, 6.07) is 1.73. The zero-order chi connectivity index (χ0) is 20.6. The third-order valence-electron chi connectivity index (χ3n) is 4.37. The Bertz CT molecular complexity index is 640. The van der Waals surface area contributed by atoms with Crippen LogP contribution < -0.4 is 14.5 Å². The van der Waals surface area contributed by atoms with Gasteiger partial charge >= 0.3 is 5.97 Å². The number of methoxy groups -OCH3 is 1. The highest BCUT2D eigenvalue weighted by molar-refractivity contribution is 6.91. The molecule has 0 aliphatic rings. The van der Waals surface area contributed by atoms with Crippen LogP contribution in [0.1, 0.15) is 62.3 Å². The van der Waals surface area contributed by atoms with E-state index in [9.17, 15) is 4.79 Å². The topological polar surface area (TPSA) is 39.4 Å². The van der Waals surface area contributed by atoms with E-state index in [1.165, 1.54) is 0 Å². The van der Waals surface area contributed by atoms with E-state index in [1.54, 1.807) is 30.1 Å². The predicted molar refractivity (Wildman–Crippen MR) is 105 cm³/mol. The number of hydrogen-bond donors (Lipinski definition) is 0. The molecule has 4 nitrogen and oxygen atoms in total. The third-order valence-corrected chi connectivity index (χ3v) is 9.62.